The first kappa shape index (κ1) is 15.5. The van der Waals surface area contributed by atoms with E-state index in [0.29, 0.717) is 16.9 Å². The number of aliphatic hydroxyl groups is 1. The van der Waals surface area contributed by atoms with Crippen molar-refractivity contribution in [1.29, 1.82) is 0 Å². The monoisotopic (exact) mass is 278 g/mol. The molecule has 0 radical (unpaired) electrons. The molecule has 0 heterocycles. The maximum Gasteiger partial charge on any atom is 0.126 e. The SMILES string of the molecule is Cc1cc(C(O)C2CCC(C(C)(C)C)CC2)ccc1F. The van der Waals surface area contributed by atoms with Gasteiger partial charge < -0.3 is 5.11 Å². The van der Waals surface area contributed by atoms with Gasteiger partial charge in [0.2, 0.25) is 0 Å². The van der Waals surface area contributed by atoms with E-state index in [9.17, 15) is 9.50 Å². The standard InChI is InChI=1S/C18H27FO/c1-12-11-14(7-10-16(12)19)17(20)13-5-8-15(9-6-13)18(2,3)4/h7,10-11,13,15,17,20H,5-6,8-9H2,1-4H3. The van der Waals surface area contributed by atoms with Gasteiger partial charge in [0.05, 0.1) is 6.10 Å². The Morgan fingerprint density at radius 2 is 1.75 bits per heavy atom. The molecule has 112 valence electrons. The fraction of sp³-hybridized carbons (Fsp3) is 0.667. The van der Waals surface area contributed by atoms with Crippen molar-refractivity contribution in [3.05, 3.63) is 35.1 Å². The lowest BCUT2D eigenvalue weighted by molar-refractivity contribution is 0.0527. The molecule has 2 rings (SSSR count). The van der Waals surface area contributed by atoms with E-state index in [1.807, 2.05) is 0 Å². The Balaban J connectivity index is 2.01. The molecule has 1 unspecified atom stereocenters. The molecular formula is C18H27FO. The molecule has 2 heteroatoms. The molecule has 20 heavy (non-hydrogen) atoms. The van der Waals surface area contributed by atoms with Crippen molar-refractivity contribution in [2.24, 2.45) is 17.3 Å². The fourth-order valence-electron chi connectivity index (χ4n) is 3.42. The number of benzene rings is 1. The Hall–Kier alpha value is -0.890. The van der Waals surface area contributed by atoms with Gasteiger partial charge in [0.15, 0.2) is 0 Å². The zero-order chi connectivity index (χ0) is 14.9. The van der Waals surface area contributed by atoms with Gasteiger partial charge in [0.25, 0.3) is 0 Å². The van der Waals surface area contributed by atoms with Gasteiger partial charge in [0.1, 0.15) is 5.82 Å². The average Bonchev–Trinajstić information content (AvgIpc) is 2.40. The third-order valence-corrected chi connectivity index (χ3v) is 4.97. The van der Waals surface area contributed by atoms with Crippen LogP contribution < -0.4 is 0 Å². The van der Waals surface area contributed by atoms with Crippen molar-refractivity contribution in [1.82, 2.24) is 0 Å². The lowest BCUT2D eigenvalue weighted by atomic mass is 9.68. The summed E-state index contributed by atoms with van der Waals surface area (Å²) in [5.74, 6) is 0.872. The summed E-state index contributed by atoms with van der Waals surface area (Å²) >= 11 is 0. The molecule has 1 fully saturated rings. The number of rotatable bonds is 2. The van der Waals surface area contributed by atoms with Crippen molar-refractivity contribution < 1.29 is 9.50 Å². The number of halogens is 1. The molecular weight excluding hydrogens is 251 g/mol. The summed E-state index contributed by atoms with van der Waals surface area (Å²) in [6, 6.07) is 4.98. The van der Waals surface area contributed by atoms with E-state index >= 15 is 0 Å². The van der Waals surface area contributed by atoms with E-state index in [-0.39, 0.29) is 5.82 Å². The summed E-state index contributed by atoms with van der Waals surface area (Å²) in [7, 11) is 0. The van der Waals surface area contributed by atoms with Crippen molar-refractivity contribution in [3.8, 4) is 0 Å². The largest absolute Gasteiger partial charge is 0.388 e. The van der Waals surface area contributed by atoms with Crippen LogP contribution in [0.25, 0.3) is 0 Å². The van der Waals surface area contributed by atoms with Gasteiger partial charge in [-0.3, -0.25) is 0 Å². The lowest BCUT2D eigenvalue weighted by Gasteiger charge is -2.38. The van der Waals surface area contributed by atoms with Gasteiger partial charge in [-0.25, -0.2) is 4.39 Å². The van der Waals surface area contributed by atoms with E-state index in [4.69, 9.17) is 0 Å². The normalized spacial score (nSPS) is 25.5. The molecule has 1 N–H and O–H groups in total. The first-order valence-electron chi connectivity index (χ1n) is 7.73. The molecule has 0 aliphatic heterocycles. The van der Waals surface area contributed by atoms with E-state index < -0.39 is 6.10 Å². The highest BCUT2D eigenvalue weighted by atomic mass is 19.1. The molecule has 1 atom stereocenters. The maximum atomic E-state index is 13.3. The predicted octanol–water partition coefficient (Wildman–Crippen LogP) is 5.02. The van der Waals surface area contributed by atoms with Crippen molar-refractivity contribution in [3.63, 3.8) is 0 Å². The quantitative estimate of drug-likeness (QED) is 0.805. The zero-order valence-electron chi connectivity index (χ0n) is 13.1. The smallest absolute Gasteiger partial charge is 0.126 e. The van der Waals surface area contributed by atoms with E-state index in [1.54, 1.807) is 19.1 Å². The van der Waals surface area contributed by atoms with Gasteiger partial charge in [-0.05, 0) is 67.1 Å². The number of hydrogen-bond donors (Lipinski definition) is 1. The van der Waals surface area contributed by atoms with Crippen LogP contribution in [0.3, 0.4) is 0 Å². The fourth-order valence-corrected chi connectivity index (χ4v) is 3.42. The van der Waals surface area contributed by atoms with Gasteiger partial charge in [-0.1, -0.05) is 32.9 Å². The summed E-state index contributed by atoms with van der Waals surface area (Å²) in [6.45, 7) is 8.66. The topological polar surface area (TPSA) is 20.2 Å². The minimum Gasteiger partial charge on any atom is -0.388 e. The van der Waals surface area contributed by atoms with Crippen molar-refractivity contribution >= 4 is 0 Å². The van der Waals surface area contributed by atoms with Crippen LogP contribution in [-0.2, 0) is 0 Å². The molecule has 0 spiro atoms. The maximum absolute atomic E-state index is 13.3. The van der Waals surface area contributed by atoms with Gasteiger partial charge >= 0.3 is 0 Å². The van der Waals surface area contributed by atoms with Crippen molar-refractivity contribution in [2.45, 2.75) is 59.5 Å². The third kappa shape index (κ3) is 3.41. The predicted molar refractivity (Wildman–Crippen MR) is 81.0 cm³/mol. The van der Waals surface area contributed by atoms with E-state index in [1.165, 1.54) is 18.9 Å². The van der Waals surface area contributed by atoms with Crippen LogP contribution in [0.4, 0.5) is 4.39 Å². The number of aliphatic hydroxyl groups excluding tert-OH is 1. The second kappa shape index (κ2) is 5.85. The molecule has 1 nitrogen and oxygen atoms in total. The molecule has 1 aliphatic carbocycles. The van der Waals surface area contributed by atoms with Crippen LogP contribution in [0, 0.1) is 30.0 Å². The average molecular weight is 278 g/mol. The molecule has 0 aromatic heterocycles. The first-order valence-corrected chi connectivity index (χ1v) is 7.73. The summed E-state index contributed by atoms with van der Waals surface area (Å²) in [4.78, 5) is 0. The minimum absolute atomic E-state index is 0.197. The summed E-state index contributed by atoms with van der Waals surface area (Å²) in [5, 5.41) is 10.5. The van der Waals surface area contributed by atoms with E-state index in [0.717, 1.165) is 24.3 Å². The number of aryl methyl sites for hydroxylation is 1. The highest BCUT2D eigenvalue weighted by molar-refractivity contribution is 5.26. The minimum atomic E-state index is -0.449. The van der Waals surface area contributed by atoms with Crippen LogP contribution in [0.2, 0.25) is 0 Å². The molecule has 0 bridgehead atoms. The van der Waals surface area contributed by atoms with Crippen LogP contribution in [0.15, 0.2) is 18.2 Å². The van der Waals surface area contributed by atoms with Crippen LogP contribution in [-0.4, -0.2) is 5.11 Å². The molecule has 1 saturated carbocycles. The second-order valence-electron chi connectivity index (χ2n) is 7.43. The second-order valence-corrected chi connectivity index (χ2v) is 7.43. The Kier molecular flexibility index (Phi) is 4.53. The number of hydrogen-bond acceptors (Lipinski definition) is 1. The van der Waals surface area contributed by atoms with Crippen LogP contribution in [0.1, 0.15) is 63.7 Å². The molecule has 0 saturated heterocycles. The lowest BCUT2D eigenvalue weighted by Crippen LogP contribution is -2.28. The summed E-state index contributed by atoms with van der Waals surface area (Å²) < 4.78 is 13.3. The zero-order valence-corrected chi connectivity index (χ0v) is 13.1. The highest BCUT2D eigenvalue weighted by Crippen LogP contribution is 2.43. The van der Waals surface area contributed by atoms with Crippen LogP contribution in [0.5, 0.6) is 0 Å². The molecule has 1 aromatic rings. The molecule has 0 amide bonds. The Morgan fingerprint density at radius 1 is 1.15 bits per heavy atom. The van der Waals surface area contributed by atoms with Gasteiger partial charge in [-0.15, -0.1) is 0 Å². The molecule has 1 aromatic carbocycles. The Morgan fingerprint density at radius 3 is 2.25 bits per heavy atom. The Bertz CT molecular complexity index is 453. The molecule has 1 aliphatic rings. The van der Waals surface area contributed by atoms with Gasteiger partial charge in [0, 0.05) is 0 Å². The highest BCUT2D eigenvalue weighted by Gasteiger charge is 2.32. The third-order valence-electron chi connectivity index (χ3n) is 4.97. The summed E-state index contributed by atoms with van der Waals surface area (Å²) in [5.41, 5.74) is 1.84. The first-order chi connectivity index (χ1) is 9.29. The summed E-state index contributed by atoms with van der Waals surface area (Å²) in [6.07, 6.45) is 4.06. The Labute approximate surface area is 122 Å². The van der Waals surface area contributed by atoms with Crippen LogP contribution >= 0.6 is 0 Å². The van der Waals surface area contributed by atoms with Crippen molar-refractivity contribution in [2.75, 3.05) is 0 Å². The van der Waals surface area contributed by atoms with Gasteiger partial charge in [-0.2, -0.15) is 0 Å². The van der Waals surface area contributed by atoms with E-state index in [2.05, 4.69) is 20.8 Å².